The van der Waals surface area contributed by atoms with E-state index in [1.54, 1.807) is 6.07 Å². The minimum Gasteiger partial charge on any atom is -0.370 e. The standard InChI is InChI=1S/C13H14Cl2F3N.ClH/c14-8-9-1-2-12(11(15)7-9)19-5-3-10(4-6-19)13(16,17)18;/h1-2,7,10H,3-6,8H2;1H. The van der Waals surface area contributed by atoms with E-state index in [0.717, 1.165) is 11.3 Å². The lowest BCUT2D eigenvalue weighted by molar-refractivity contribution is -0.179. The van der Waals surface area contributed by atoms with E-state index in [0.29, 0.717) is 24.0 Å². The van der Waals surface area contributed by atoms with E-state index in [-0.39, 0.29) is 25.2 Å². The molecule has 1 aliphatic heterocycles. The van der Waals surface area contributed by atoms with Crippen molar-refractivity contribution in [2.45, 2.75) is 24.9 Å². The van der Waals surface area contributed by atoms with Crippen LogP contribution in [0.15, 0.2) is 18.2 Å². The van der Waals surface area contributed by atoms with Gasteiger partial charge in [0.2, 0.25) is 0 Å². The van der Waals surface area contributed by atoms with Crippen LogP contribution in [-0.4, -0.2) is 19.3 Å². The van der Waals surface area contributed by atoms with Crippen LogP contribution in [0.3, 0.4) is 0 Å². The first-order valence-corrected chi connectivity index (χ1v) is 6.99. The molecule has 2 rings (SSSR count). The fourth-order valence-electron chi connectivity index (χ4n) is 2.34. The molecular weight excluding hydrogens is 334 g/mol. The van der Waals surface area contributed by atoms with Gasteiger partial charge < -0.3 is 4.90 Å². The van der Waals surface area contributed by atoms with Crippen molar-refractivity contribution in [3.05, 3.63) is 28.8 Å². The third kappa shape index (κ3) is 4.09. The summed E-state index contributed by atoms with van der Waals surface area (Å²) in [5, 5.41) is 0.545. The number of halogens is 6. The Morgan fingerprint density at radius 3 is 2.25 bits per heavy atom. The highest BCUT2D eigenvalue weighted by atomic mass is 35.5. The first-order chi connectivity index (χ1) is 8.91. The van der Waals surface area contributed by atoms with Crippen molar-refractivity contribution in [2.75, 3.05) is 18.0 Å². The molecule has 0 saturated carbocycles. The van der Waals surface area contributed by atoms with Gasteiger partial charge >= 0.3 is 6.18 Å². The highest BCUT2D eigenvalue weighted by Crippen LogP contribution is 2.37. The van der Waals surface area contributed by atoms with Crippen molar-refractivity contribution in [1.82, 2.24) is 0 Å². The van der Waals surface area contributed by atoms with Crippen molar-refractivity contribution in [3.63, 3.8) is 0 Å². The molecule has 0 aliphatic carbocycles. The Bertz CT molecular complexity index is 443. The molecule has 1 aromatic carbocycles. The fraction of sp³-hybridized carbons (Fsp3) is 0.538. The topological polar surface area (TPSA) is 3.24 Å². The van der Waals surface area contributed by atoms with Gasteiger partial charge in [-0.25, -0.2) is 0 Å². The van der Waals surface area contributed by atoms with Crippen molar-refractivity contribution >= 4 is 41.3 Å². The molecule has 0 unspecified atom stereocenters. The molecular formula is C13H15Cl3F3N. The predicted molar refractivity (Wildman–Crippen MR) is 79.2 cm³/mol. The largest absolute Gasteiger partial charge is 0.391 e. The van der Waals surface area contributed by atoms with Crippen LogP contribution in [0.5, 0.6) is 0 Å². The van der Waals surface area contributed by atoms with E-state index in [2.05, 4.69) is 0 Å². The fourth-order valence-corrected chi connectivity index (χ4v) is 2.83. The van der Waals surface area contributed by atoms with Crippen LogP contribution in [0.1, 0.15) is 18.4 Å². The maximum absolute atomic E-state index is 12.6. The van der Waals surface area contributed by atoms with Crippen LogP contribution in [0.2, 0.25) is 5.02 Å². The highest BCUT2D eigenvalue weighted by Gasteiger charge is 2.41. The lowest BCUT2D eigenvalue weighted by Gasteiger charge is -2.34. The quantitative estimate of drug-likeness (QED) is 0.657. The van der Waals surface area contributed by atoms with Gasteiger partial charge in [0, 0.05) is 19.0 Å². The van der Waals surface area contributed by atoms with E-state index >= 15 is 0 Å². The Hall–Kier alpha value is -0.320. The first-order valence-electron chi connectivity index (χ1n) is 6.08. The van der Waals surface area contributed by atoms with E-state index in [9.17, 15) is 13.2 Å². The monoisotopic (exact) mass is 347 g/mol. The molecule has 0 N–H and O–H groups in total. The molecule has 20 heavy (non-hydrogen) atoms. The number of nitrogens with zero attached hydrogens (tertiary/aromatic N) is 1. The zero-order chi connectivity index (χ0) is 14.0. The van der Waals surface area contributed by atoms with Crippen molar-refractivity contribution in [2.24, 2.45) is 5.92 Å². The van der Waals surface area contributed by atoms with Gasteiger partial charge in [-0.2, -0.15) is 13.2 Å². The molecule has 1 aromatic rings. The summed E-state index contributed by atoms with van der Waals surface area (Å²) in [5.74, 6) is -0.819. The minimum absolute atomic E-state index is 0. The van der Waals surface area contributed by atoms with Crippen LogP contribution < -0.4 is 4.90 Å². The number of anilines is 1. The summed E-state index contributed by atoms with van der Waals surface area (Å²) >= 11 is 11.9. The Morgan fingerprint density at radius 1 is 1.20 bits per heavy atom. The number of alkyl halides is 4. The van der Waals surface area contributed by atoms with Gasteiger partial charge in [-0.05, 0) is 30.5 Å². The second-order valence-corrected chi connectivity index (χ2v) is 5.40. The number of hydrogen-bond acceptors (Lipinski definition) is 1. The summed E-state index contributed by atoms with van der Waals surface area (Å²) in [7, 11) is 0. The van der Waals surface area contributed by atoms with Crippen LogP contribution in [0.4, 0.5) is 18.9 Å². The number of piperidine rings is 1. The highest BCUT2D eigenvalue weighted by molar-refractivity contribution is 6.33. The Labute approximate surface area is 132 Å². The minimum atomic E-state index is -4.08. The third-order valence-corrected chi connectivity index (χ3v) is 4.08. The molecule has 1 heterocycles. The van der Waals surface area contributed by atoms with Gasteiger partial charge in [-0.3, -0.25) is 0 Å². The van der Waals surface area contributed by atoms with Crippen LogP contribution in [0.25, 0.3) is 0 Å². The lowest BCUT2D eigenvalue weighted by atomic mass is 9.96. The molecule has 0 radical (unpaired) electrons. The molecule has 1 fully saturated rings. The van der Waals surface area contributed by atoms with Crippen molar-refractivity contribution in [1.29, 1.82) is 0 Å². The molecule has 0 aromatic heterocycles. The zero-order valence-electron chi connectivity index (χ0n) is 10.6. The molecule has 1 aliphatic rings. The van der Waals surface area contributed by atoms with Crippen LogP contribution in [-0.2, 0) is 5.88 Å². The SMILES string of the molecule is Cl.FC(F)(F)C1CCN(c2ccc(CCl)cc2Cl)CC1. The van der Waals surface area contributed by atoms with Gasteiger partial charge in [0.05, 0.1) is 16.6 Å². The summed E-state index contributed by atoms with van der Waals surface area (Å²) in [6, 6.07) is 5.44. The molecule has 0 bridgehead atoms. The van der Waals surface area contributed by atoms with Gasteiger partial charge in [0.25, 0.3) is 0 Å². The summed E-state index contributed by atoms with van der Waals surface area (Å²) in [6.45, 7) is 0.758. The van der Waals surface area contributed by atoms with Gasteiger partial charge in [0.1, 0.15) is 0 Å². The Morgan fingerprint density at radius 2 is 1.80 bits per heavy atom. The third-order valence-electron chi connectivity index (χ3n) is 3.46. The molecule has 0 atom stereocenters. The van der Waals surface area contributed by atoms with Gasteiger partial charge in [-0.1, -0.05) is 17.7 Å². The second-order valence-electron chi connectivity index (χ2n) is 4.72. The molecule has 1 saturated heterocycles. The molecule has 0 amide bonds. The molecule has 1 nitrogen and oxygen atoms in total. The lowest BCUT2D eigenvalue weighted by Crippen LogP contribution is -2.39. The number of rotatable bonds is 2. The van der Waals surface area contributed by atoms with Crippen molar-refractivity contribution < 1.29 is 13.2 Å². The van der Waals surface area contributed by atoms with Crippen LogP contribution >= 0.6 is 35.6 Å². The average Bonchev–Trinajstić information content (AvgIpc) is 2.37. The van der Waals surface area contributed by atoms with E-state index < -0.39 is 12.1 Å². The van der Waals surface area contributed by atoms with E-state index in [1.165, 1.54) is 0 Å². The number of benzene rings is 1. The van der Waals surface area contributed by atoms with E-state index in [4.69, 9.17) is 23.2 Å². The summed E-state index contributed by atoms with van der Waals surface area (Å²) < 4.78 is 37.8. The average molecular weight is 349 g/mol. The zero-order valence-corrected chi connectivity index (χ0v) is 12.9. The first kappa shape index (κ1) is 17.7. The Balaban J connectivity index is 0.00000200. The summed E-state index contributed by atoms with van der Waals surface area (Å²) in [5.41, 5.74) is 1.69. The summed E-state index contributed by atoms with van der Waals surface area (Å²) in [4.78, 5) is 1.91. The number of hydrogen-bond donors (Lipinski definition) is 0. The van der Waals surface area contributed by atoms with Crippen molar-refractivity contribution in [3.8, 4) is 0 Å². The van der Waals surface area contributed by atoms with Gasteiger partial charge in [0.15, 0.2) is 0 Å². The second kappa shape index (κ2) is 7.10. The molecule has 7 heteroatoms. The summed E-state index contributed by atoms with van der Waals surface area (Å²) in [6.07, 6.45) is -3.84. The molecule has 0 spiro atoms. The molecule has 114 valence electrons. The van der Waals surface area contributed by atoms with E-state index in [1.807, 2.05) is 17.0 Å². The smallest absolute Gasteiger partial charge is 0.370 e. The van der Waals surface area contributed by atoms with Crippen LogP contribution in [0, 0.1) is 5.92 Å². The normalized spacial score (nSPS) is 16.9. The Kier molecular flexibility index (Phi) is 6.29. The maximum atomic E-state index is 12.6. The predicted octanol–water partition coefficient (Wildman–Crippen LogP) is 5.28. The maximum Gasteiger partial charge on any atom is 0.391 e. The van der Waals surface area contributed by atoms with Gasteiger partial charge in [-0.15, -0.1) is 24.0 Å².